The highest BCUT2D eigenvalue weighted by atomic mass is 32.1. The number of hydrogen-bond acceptors (Lipinski definition) is 11. The zero-order valence-electron chi connectivity index (χ0n) is 40.4. The Balaban J connectivity index is 0.970. The molecule has 13 heteroatoms. The lowest BCUT2D eigenvalue weighted by Crippen LogP contribution is -2.09. The Morgan fingerprint density at radius 1 is 0.589 bits per heavy atom. The van der Waals surface area contributed by atoms with Crippen molar-refractivity contribution in [1.29, 1.82) is 5.26 Å². The van der Waals surface area contributed by atoms with E-state index in [-0.39, 0.29) is 5.57 Å². The van der Waals surface area contributed by atoms with Gasteiger partial charge in [-0.15, -0.1) is 68.0 Å². The lowest BCUT2D eigenvalue weighted by molar-refractivity contribution is -0.132. The van der Waals surface area contributed by atoms with Gasteiger partial charge in [0.1, 0.15) is 23.1 Å². The van der Waals surface area contributed by atoms with Crippen molar-refractivity contribution in [3.05, 3.63) is 149 Å². The number of carboxylic acid groups (broad SMARTS) is 1. The summed E-state index contributed by atoms with van der Waals surface area (Å²) in [6.07, 6.45) is 10.3. The van der Waals surface area contributed by atoms with E-state index in [1.165, 1.54) is 69.9 Å². The predicted octanol–water partition coefficient (Wildman–Crippen LogP) is 19.8. The lowest BCUT2D eigenvalue weighted by Gasteiger charge is -2.26. The highest BCUT2D eigenvalue weighted by Gasteiger charge is 2.23. The zero-order chi connectivity index (χ0) is 49.8. The second kappa shape index (κ2) is 21.9. The molecule has 0 atom stereocenters. The molecule has 0 radical (unpaired) electrons. The minimum Gasteiger partial charge on any atom is -0.493 e. The van der Waals surface area contributed by atoms with Crippen molar-refractivity contribution in [1.82, 2.24) is 4.57 Å². The van der Waals surface area contributed by atoms with Crippen LogP contribution >= 0.6 is 68.0 Å². The molecule has 0 amide bonds. The van der Waals surface area contributed by atoms with Crippen LogP contribution in [0.1, 0.15) is 70.1 Å². The summed E-state index contributed by atoms with van der Waals surface area (Å²) < 4.78 is 22.6. The average Bonchev–Trinajstić information content (AvgIpc) is 4.29. The number of ether oxygens (including phenoxy) is 2. The van der Waals surface area contributed by atoms with E-state index >= 15 is 0 Å². The third kappa shape index (κ3) is 10.3. The minimum atomic E-state index is -1.25. The molecule has 0 bridgehead atoms. The highest BCUT2D eigenvalue weighted by molar-refractivity contribution is 7.30. The molecule has 1 N–H and O–H groups in total. The van der Waals surface area contributed by atoms with Gasteiger partial charge in [0, 0.05) is 61.4 Å². The summed E-state index contributed by atoms with van der Waals surface area (Å²) in [5.41, 5.74) is 9.21. The van der Waals surface area contributed by atoms with Gasteiger partial charge < -0.3 is 24.0 Å². The Kier molecular flexibility index (Phi) is 14.6. The van der Waals surface area contributed by atoms with Crippen LogP contribution in [0.4, 0.5) is 17.1 Å². The average molecular weight is 1070 g/mol. The first-order valence-electron chi connectivity index (χ1n) is 24.7. The second-order valence-corrected chi connectivity index (χ2v) is 24.1. The van der Waals surface area contributed by atoms with Gasteiger partial charge in [0.15, 0.2) is 0 Å². The van der Waals surface area contributed by atoms with E-state index in [1.807, 2.05) is 46.9 Å². The number of aromatic nitrogens is 1. The number of fused-ring (bicyclic) bond motifs is 5. The molecule has 366 valence electrons. The first-order valence-corrected chi connectivity index (χ1v) is 29.8. The standard InChI is InChI=1S/C60H51N3O4S6/c1-3-5-7-9-27-66-45-23-24-47(50(32-45)67-28-10-8-6-4-2)63-48-33-46(31-41(37-61)60(64)65)70-58(48)59-49(63)34-53(73-59)38-11-17-42(18-12-38)62(43-19-13-39(14-20-43)54-35-56-51(71-54)25-29-68-56)44-21-15-40(16-22-44)55-36-57-52(72-55)26-30-69-57/h11-26,29-36H,3-10,27-28H2,1-2H3,(H,64,65)/b41-31-. The quantitative estimate of drug-likeness (QED) is 0.0438. The number of hydrogen-bond donors (Lipinski definition) is 1. The van der Waals surface area contributed by atoms with Crippen LogP contribution in [-0.2, 0) is 4.79 Å². The molecule has 0 aliphatic rings. The Morgan fingerprint density at radius 3 is 1.63 bits per heavy atom. The molecule has 7 aromatic heterocycles. The van der Waals surface area contributed by atoms with Crippen molar-refractivity contribution in [2.24, 2.45) is 0 Å². The molecule has 0 spiro atoms. The van der Waals surface area contributed by atoms with Crippen LogP contribution in [0, 0.1) is 11.3 Å². The van der Waals surface area contributed by atoms with Gasteiger partial charge in [0.2, 0.25) is 0 Å². The smallest absolute Gasteiger partial charge is 0.346 e. The molecule has 0 saturated heterocycles. The van der Waals surface area contributed by atoms with Gasteiger partial charge in [0.25, 0.3) is 0 Å². The van der Waals surface area contributed by atoms with Crippen molar-refractivity contribution >= 4 is 136 Å². The van der Waals surface area contributed by atoms with Crippen LogP contribution < -0.4 is 14.4 Å². The van der Waals surface area contributed by atoms with Crippen LogP contribution in [0.25, 0.3) is 82.3 Å². The lowest BCUT2D eigenvalue weighted by atomic mass is 10.1. The maximum Gasteiger partial charge on any atom is 0.346 e. The Morgan fingerprint density at radius 2 is 1.11 bits per heavy atom. The molecule has 0 saturated carbocycles. The number of carboxylic acids is 1. The topological polar surface area (TPSA) is 87.7 Å². The van der Waals surface area contributed by atoms with Crippen LogP contribution in [0.2, 0.25) is 0 Å². The molecular formula is C60H51N3O4S6. The fourth-order valence-electron chi connectivity index (χ4n) is 9.23. The maximum atomic E-state index is 12.0. The third-order valence-electron chi connectivity index (χ3n) is 13.0. The molecular weight excluding hydrogens is 1020 g/mol. The molecule has 11 rings (SSSR count). The summed E-state index contributed by atoms with van der Waals surface area (Å²) in [7, 11) is 0. The van der Waals surface area contributed by atoms with E-state index in [1.54, 1.807) is 34.0 Å². The molecule has 73 heavy (non-hydrogen) atoms. The van der Waals surface area contributed by atoms with Gasteiger partial charge in [-0.25, -0.2) is 4.79 Å². The number of rotatable bonds is 21. The van der Waals surface area contributed by atoms with E-state index in [2.05, 4.69) is 143 Å². The second-order valence-electron chi connectivity index (χ2n) is 17.9. The number of nitrogens with zero attached hydrogens (tertiary/aromatic N) is 3. The number of anilines is 3. The van der Waals surface area contributed by atoms with Crippen LogP contribution in [0.3, 0.4) is 0 Å². The summed E-state index contributed by atoms with van der Waals surface area (Å²) >= 11 is 10.5. The van der Waals surface area contributed by atoms with E-state index in [0.717, 1.165) is 104 Å². The Hall–Kier alpha value is -6.50. The number of aliphatic carboxylic acids is 1. The molecule has 7 nitrogen and oxygen atoms in total. The van der Waals surface area contributed by atoms with Crippen LogP contribution in [-0.4, -0.2) is 28.9 Å². The van der Waals surface area contributed by atoms with E-state index in [9.17, 15) is 15.2 Å². The van der Waals surface area contributed by atoms with Crippen LogP contribution in [0.5, 0.6) is 11.5 Å². The van der Waals surface area contributed by atoms with Crippen molar-refractivity contribution < 1.29 is 19.4 Å². The first kappa shape index (κ1) is 48.8. The molecule has 0 unspecified atom stereocenters. The van der Waals surface area contributed by atoms with Gasteiger partial charge in [-0.05, 0) is 131 Å². The Labute approximate surface area is 448 Å². The first-order chi connectivity index (χ1) is 35.8. The third-order valence-corrected chi connectivity index (χ3v) is 19.7. The molecule has 0 aliphatic carbocycles. The summed E-state index contributed by atoms with van der Waals surface area (Å²) in [5.74, 6) is 0.259. The SMILES string of the molecule is CCCCCCOc1ccc(-n2c3cc(/C=C(/C#N)C(=O)O)sc3c3sc(-c4ccc(N(c5ccc(-c6cc7sccc7s6)cc5)c5ccc(-c6cc7sccc7s6)cc5)cc4)cc32)c(OCCCCCC)c1. The zero-order valence-corrected chi connectivity index (χ0v) is 45.3. The molecule has 0 fully saturated rings. The monoisotopic (exact) mass is 1070 g/mol. The van der Waals surface area contributed by atoms with Crippen LogP contribution in [0.15, 0.2) is 144 Å². The van der Waals surface area contributed by atoms with E-state index in [4.69, 9.17) is 9.47 Å². The van der Waals surface area contributed by atoms with Crippen molar-refractivity contribution in [2.45, 2.75) is 65.2 Å². The van der Waals surface area contributed by atoms with Crippen molar-refractivity contribution in [3.8, 4) is 54.6 Å². The number of thiophene rings is 6. The largest absolute Gasteiger partial charge is 0.493 e. The fourth-order valence-corrected chi connectivity index (χ4v) is 15.8. The predicted molar refractivity (Wildman–Crippen MR) is 315 cm³/mol. The highest BCUT2D eigenvalue weighted by Crippen LogP contribution is 2.48. The number of nitriles is 1. The van der Waals surface area contributed by atoms with Gasteiger partial charge in [-0.2, -0.15) is 5.26 Å². The summed E-state index contributed by atoms with van der Waals surface area (Å²) in [4.78, 5) is 18.7. The summed E-state index contributed by atoms with van der Waals surface area (Å²) in [5, 5.41) is 23.8. The van der Waals surface area contributed by atoms with Gasteiger partial charge >= 0.3 is 5.97 Å². The number of benzene rings is 4. The number of unbranched alkanes of at least 4 members (excludes halogenated alkanes) is 6. The van der Waals surface area contributed by atoms with Crippen molar-refractivity contribution in [3.63, 3.8) is 0 Å². The van der Waals surface area contributed by atoms with E-state index < -0.39 is 5.97 Å². The molecule has 7 heterocycles. The minimum absolute atomic E-state index is 0.305. The molecule has 0 aliphatic heterocycles. The maximum absolute atomic E-state index is 12.0. The summed E-state index contributed by atoms with van der Waals surface area (Å²) in [6, 6.07) is 47.9. The van der Waals surface area contributed by atoms with E-state index in [0.29, 0.717) is 18.1 Å². The van der Waals surface area contributed by atoms with Crippen molar-refractivity contribution in [2.75, 3.05) is 18.1 Å². The fraction of sp³-hybridized carbons (Fsp3) is 0.200. The summed E-state index contributed by atoms with van der Waals surface area (Å²) in [6.45, 7) is 5.65. The molecule has 4 aromatic carbocycles. The molecule has 11 aromatic rings. The normalized spacial score (nSPS) is 11.9. The number of carbonyl (C=O) groups is 1. The van der Waals surface area contributed by atoms with Gasteiger partial charge in [-0.1, -0.05) is 88.8 Å². The Bertz CT molecular complexity index is 3610. The van der Waals surface area contributed by atoms with Gasteiger partial charge in [0.05, 0.1) is 39.3 Å². The van der Waals surface area contributed by atoms with Gasteiger partial charge in [-0.3, -0.25) is 0 Å².